The number of hydrogen-bond acceptors (Lipinski definition) is 2. The molecular formula is C21H40O2. The molecule has 136 valence electrons. The van der Waals surface area contributed by atoms with E-state index < -0.39 is 5.41 Å². The Morgan fingerprint density at radius 2 is 1.57 bits per heavy atom. The molecule has 0 amide bonds. The molecule has 0 heterocycles. The molecule has 1 aliphatic carbocycles. The third-order valence-corrected chi connectivity index (χ3v) is 6.63. The van der Waals surface area contributed by atoms with Crippen LogP contribution in [0.5, 0.6) is 0 Å². The lowest BCUT2D eigenvalue weighted by Gasteiger charge is -2.47. The van der Waals surface area contributed by atoms with E-state index in [-0.39, 0.29) is 17.0 Å². The molecule has 2 unspecified atom stereocenters. The van der Waals surface area contributed by atoms with Crippen molar-refractivity contribution in [3.8, 4) is 0 Å². The lowest BCUT2D eigenvalue weighted by Crippen LogP contribution is -2.50. The molecule has 1 fully saturated rings. The molecular weight excluding hydrogens is 284 g/mol. The van der Waals surface area contributed by atoms with Crippen molar-refractivity contribution in [3.05, 3.63) is 0 Å². The van der Waals surface area contributed by atoms with Gasteiger partial charge >= 0.3 is 5.97 Å². The molecule has 0 aromatic rings. The number of carbonyl (C=O) groups is 1. The summed E-state index contributed by atoms with van der Waals surface area (Å²) in [5.41, 5.74) is -0.911. The van der Waals surface area contributed by atoms with Crippen LogP contribution in [-0.4, -0.2) is 11.6 Å². The van der Waals surface area contributed by atoms with Gasteiger partial charge in [-0.05, 0) is 57.3 Å². The van der Waals surface area contributed by atoms with Crippen LogP contribution in [0.1, 0.15) is 100 Å². The van der Waals surface area contributed by atoms with Crippen LogP contribution in [0.4, 0.5) is 0 Å². The third kappa shape index (κ3) is 4.51. The Morgan fingerprint density at radius 1 is 1.04 bits per heavy atom. The van der Waals surface area contributed by atoms with E-state index in [1.54, 1.807) is 0 Å². The second-order valence-corrected chi connectivity index (χ2v) is 9.47. The zero-order valence-electron chi connectivity index (χ0n) is 16.9. The molecule has 1 aliphatic rings. The van der Waals surface area contributed by atoms with Crippen LogP contribution in [0.25, 0.3) is 0 Å². The highest BCUT2D eigenvalue weighted by Gasteiger charge is 2.51. The minimum absolute atomic E-state index is 0.00141. The largest absolute Gasteiger partial charge is 0.459 e. The molecule has 2 atom stereocenters. The summed E-state index contributed by atoms with van der Waals surface area (Å²) in [7, 11) is 0. The highest BCUT2D eigenvalue weighted by atomic mass is 16.6. The van der Waals surface area contributed by atoms with Gasteiger partial charge in [-0.2, -0.15) is 0 Å². The molecule has 0 radical (unpaired) electrons. The normalized spacial score (nSPS) is 21.6. The second kappa shape index (κ2) is 7.57. The molecule has 0 aliphatic heterocycles. The topological polar surface area (TPSA) is 26.3 Å². The van der Waals surface area contributed by atoms with Crippen LogP contribution in [0.3, 0.4) is 0 Å². The first-order valence-corrected chi connectivity index (χ1v) is 9.70. The second-order valence-electron chi connectivity index (χ2n) is 9.47. The maximum Gasteiger partial charge on any atom is 0.313 e. The van der Waals surface area contributed by atoms with Crippen molar-refractivity contribution in [2.45, 2.75) is 106 Å². The van der Waals surface area contributed by atoms with Gasteiger partial charge in [-0.3, -0.25) is 4.79 Å². The number of carbonyl (C=O) groups excluding carboxylic acids is 1. The van der Waals surface area contributed by atoms with Crippen LogP contribution in [0, 0.1) is 22.7 Å². The van der Waals surface area contributed by atoms with E-state index in [0.717, 1.165) is 12.8 Å². The van der Waals surface area contributed by atoms with Gasteiger partial charge in [0.2, 0.25) is 0 Å². The molecule has 23 heavy (non-hydrogen) atoms. The standard InChI is InChI=1S/C21H40O2/c1-9-13-16(2)21(8,19(3,4)5)18(22)23-20(6,7)17-14-11-10-12-15-17/h16-17H,9-15H2,1-8H3. The van der Waals surface area contributed by atoms with Crippen LogP contribution >= 0.6 is 0 Å². The summed E-state index contributed by atoms with van der Waals surface area (Å²) < 4.78 is 6.20. The van der Waals surface area contributed by atoms with Gasteiger partial charge in [0.25, 0.3) is 0 Å². The Kier molecular flexibility index (Phi) is 6.75. The summed E-state index contributed by atoms with van der Waals surface area (Å²) in [5, 5.41) is 0. The van der Waals surface area contributed by atoms with Gasteiger partial charge in [0.15, 0.2) is 0 Å². The molecule has 0 saturated heterocycles. The molecule has 0 N–H and O–H groups in total. The zero-order valence-corrected chi connectivity index (χ0v) is 16.9. The van der Waals surface area contributed by atoms with Gasteiger partial charge in [-0.25, -0.2) is 0 Å². The number of rotatable bonds is 6. The smallest absolute Gasteiger partial charge is 0.313 e. The van der Waals surface area contributed by atoms with E-state index in [9.17, 15) is 4.79 Å². The van der Waals surface area contributed by atoms with Crippen molar-refractivity contribution in [2.24, 2.45) is 22.7 Å². The van der Waals surface area contributed by atoms with E-state index in [0.29, 0.717) is 11.8 Å². The average Bonchev–Trinajstić information content (AvgIpc) is 2.45. The van der Waals surface area contributed by atoms with Gasteiger partial charge in [0, 0.05) is 0 Å². The first-order chi connectivity index (χ1) is 10.5. The zero-order chi connectivity index (χ0) is 17.9. The van der Waals surface area contributed by atoms with Gasteiger partial charge in [-0.15, -0.1) is 0 Å². The Bertz CT molecular complexity index is 385. The molecule has 1 rings (SSSR count). The molecule has 0 aromatic heterocycles. The molecule has 0 bridgehead atoms. The minimum atomic E-state index is -0.449. The van der Waals surface area contributed by atoms with Crippen LogP contribution in [0.15, 0.2) is 0 Å². The van der Waals surface area contributed by atoms with E-state index in [2.05, 4.69) is 55.4 Å². The summed E-state index contributed by atoms with van der Waals surface area (Å²) in [6.45, 7) is 17.3. The maximum absolute atomic E-state index is 13.3. The van der Waals surface area contributed by atoms with E-state index >= 15 is 0 Å². The lowest BCUT2D eigenvalue weighted by atomic mass is 9.60. The summed E-state index contributed by atoms with van der Waals surface area (Å²) in [6.07, 6.45) is 8.42. The van der Waals surface area contributed by atoms with Crippen molar-refractivity contribution < 1.29 is 9.53 Å². The quantitative estimate of drug-likeness (QED) is 0.530. The summed E-state index contributed by atoms with van der Waals surface area (Å²) in [4.78, 5) is 13.3. The van der Waals surface area contributed by atoms with Gasteiger partial charge in [0.1, 0.15) is 5.60 Å². The molecule has 0 aromatic carbocycles. The van der Waals surface area contributed by atoms with Crippen LogP contribution in [-0.2, 0) is 9.53 Å². The fourth-order valence-electron chi connectivity index (χ4n) is 4.19. The van der Waals surface area contributed by atoms with Gasteiger partial charge < -0.3 is 4.74 Å². The van der Waals surface area contributed by atoms with Crippen molar-refractivity contribution in [3.63, 3.8) is 0 Å². The number of ether oxygens (including phenoxy) is 1. The first kappa shape index (κ1) is 20.5. The third-order valence-electron chi connectivity index (χ3n) is 6.63. The molecule has 1 saturated carbocycles. The lowest BCUT2D eigenvalue weighted by molar-refractivity contribution is -0.186. The predicted octanol–water partition coefficient (Wildman–Crippen LogP) is 6.38. The van der Waals surface area contributed by atoms with E-state index in [1.807, 2.05) is 0 Å². The maximum atomic E-state index is 13.3. The first-order valence-electron chi connectivity index (χ1n) is 9.70. The number of hydrogen-bond donors (Lipinski definition) is 0. The van der Waals surface area contributed by atoms with Gasteiger partial charge in [0.05, 0.1) is 5.41 Å². The fourth-order valence-corrected chi connectivity index (χ4v) is 4.19. The Hall–Kier alpha value is -0.530. The highest BCUT2D eigenvalue weighted by molar-refractivity contribution is 5.78. The average molecular weight is 325 g/mol. The van der Waals surface area contributed by atoms with Crippen LogP contribution < -0.4 is 0 Å². The molecule has 0 spiro atoms. The highest BCUT2D eigenvalue weighted by Crippen LogP contribution is 2.48. The predicted molar refractivity (Wildman–Crippen MR) is 98.4 cm³/mol. The fraction of sp³-hybridized carbons (Fsp3) is 0.952. The Balaban J connectivity index is 2.96. The summed E-state index contributed by atoms with van der Waals surface area (Å²) in [6, 6.07) is 0. The minimum Gasteiger partial charge on any atom is -0.459 e. The van der Waals surface area contributed by atoms with Crippen molar-refractivity contribution >= 4 is 5.97 Å². The summed E-state index contributed by atoms with van der Waals surface area (Å²) in [5.74, 6) is 0.828. The van der Waals surface area contributed by atoms with Crippen molar-refractivity contribution in [1.82, 2.24) is 0 Å². The molecule has 2 heteroatoms. The number of esters is 1. The van der Waals surface area contributed by atoms with Gasteiger partial charge in [-0.1, -0.05) is 60.3 Å². The van der Waals surface area contributed by atoms with Crippen LogP contribution in [0.2, 0.25) is 0 Å². The summed E-state index contributed by atoms with van der Waals surface area (Å²) >= 11 is 0. The Morgan fingerprint density at radius 3 is 2.00 bits per heavy atom. The van der Waals surface area contributed by atoms with Crippen molar-refractivity contribution in [1.29, 1.82) is 0 Å². The monoisotopic (exact) mass is 324 g/mol. The Labute approximate surface area is 144 Å². The molecule has 2 nitrogen and oxygen atoms in total. The van der Waals surface area contributed by atoms with E-state index in [4.69, 9.17) is 4.74 Å². The van der Waals surface area contributed by atoms with E-state index in [1.165, 1.54) is 32.1 Å². The van der Waals surface area contributed by atoms with Crippen molar-refractivity contribution in [2.75, 3.05) is 0 Å². The SMILES string of the molecule is CCCC(C)C(C)(C(=O)OC(C)(C)C1CCCCC1)C(C)(C)C.